The van der Waals surface area contributed by atoms with Crippen LogP contribution < -0.4 is 0 Å². The summed E-state index contributed by atoms with van der Waals surface area (Å²) in [4.78, 5) is 72.9. The zero-order chi connectivity index (χ0) is 71.4. The molecule has 0 heterocycles. The maximum Gasteiger partial charge on any atom is 0.472 e. The molecule has 19 heteroatoms. The second-order valence-electron chi connectivity index (χ2n) is 29.1. The first-order valence-corrected chi connectivity index (χ1v) is 43.5. The van der Waals surface area contributed by atoms with Gasteiger partial charge in [0.15, 0.2) is 12.2 Å². The van der Waals surface area contributed by atoms with E-state index in [2.05, 4.69) is 41.5 Å². The van der Waals surface area contributed by atoms with E-state index in [9.17, 15) is 43.2 Å². The van der Waals surface area contributed by atoms with Crippen LogP contribution in [-0.2, 0) is 65.4 Å². The van der Waals surface area contributed by atoms with Crippen molar-refractivity contribution in [2.75, 3.05) is 39.6 Å². The number of unbranched alkanes of at least 4 members (excludes halogenated alkanes) is 47. The minimum atomic E-state index is -4.96. The Morgan fingerprint density at radius 3 is 0.701 bits per heavy atom. The van der Waals surface area contributed by atoms with Crippen molar-refractivity contribution in [1.82, 2.24) is 0 Å². The lowest BCUT2D eigenvalue weighted by Gasteiger charge is -2.21. The number of aliphatic hydroxyl groups excluding tert-OH is 1. The summed E-state index contributed by atoms with van der Waals surface area (Å²) < 4.78 is 68.6. The average molecular weight is 1420 g/mol. The Morgan fingerprint density at radius 2 is 0.474 bits per heavy atom. The third-order valence-electron chi connectivity index (χ3n) is 18.2. The van der Waals surface area contributed by atoms with E-state index >= 15 is 0 Å². The highest BCUT2D eigenvalue weighted by atomic mass is 31.2. The molecule has 0 spiro atoms. The molecule has 0 aromatic rings. The lowest BCUT2D eigenvalue weighted by Crippen LogP contribution is -2.30. The fourth-order valence-corrected chi connectivity index (χ4v) is 13.6. The average Bonchev–Trinajstić information content (AvgIpc) is 1.28. The van der Waals surface area contributed by atoms with Crippen molar-refractivity contribution in [3.05, 3.63) is 0 Å². The number of ether oxygens (including phenoxy) is 4. The number of carbonyl (C=O) groups excluding carboxylic acids is 4. The second-order valence-corrected chi connectivity index (χ2v) is 32.0. The van der Waals surface area contributed by atoms with Gasteiger partial charge in [-0.2, -0.15) is 0 Å². The van der Waals surface area contributed by atoms with Crippen molar-refractivity contribution in [2.24, 2.45) is 11.8 Å². The van der Waals surface area contributed by atoms with Gasteiger partial charge in [-0.15, -0.1) is 0 Å². The molecule has 0 aromatic heterocycles. The number of hydrogen-bond acceptors (Lipinski definition) is 15. The van der Waals surface area contributed by atoms with Crippen LogP contribution in [0.4, 0.5) is 0 Å². The normalized spacial score (nSPS) is 14.0. The van der Waals surface area contributed by atoms with Gasteiger partial charge in [0.05, 0.1) is 26.4 Å². The van der Waals surface area contributed by atoms with Gasteiger partial charge in [0, 0.05) is 25.7 Å². The first-order valence-electron chi connectivity index (χ1n) is 40.5. The van der Waals surface area contributed by atoms with Crippen LogP contribution in [-0.4, -0.2) is 96.7 Å². The molecule has 0 aliphatic rings. The van der Waals surface area contributed by atoms with Crippen molar-refractivity contribution in [2.45, 2.75) is 426 Å². The summed E-state index contributed by atoms with van der Waals surface area (Å²) in [7, 11) is -9.91. The number of phosphoric acid groups is 2. The predicted octanol–water partition coefficient (Wildman–Crippen LogP) is 23.1. The lowest BCUT2D eigenvalue weighted by atomic mass is 10.0. The minimum Gasteiger partial charge on any atom is -0.462 e. The zero-order valence-corrected chi connectivity index (χ0v) is 65.2. The Labute approximate surface area is 594 Å². The Hall–Kier alpha value is -1.94. The molecule has 5 atom stereocenters. The van der Waals surface area contributed by atoms with Gasteiger partial charge in [-0.3, -0.25) is 37.3 Å². The van der Waals surface area contributed by atoms with Gasteiger partial charge in [-0.05, 0) is 37.5 Å². The summed E-state index contributed by atoms with van der Waals surface area (Å²) >= 11 is 0. The molecule has 0 rings (SSSR count). The molecule has 3 N–H and O–H groups in total. The summed E-state index contributed by atoms with van der Waals surface area (Å²) in [5.41, 5.74) is 0. The van der Waals surface area contributed by atoms with E-state index in [-0.39, 0.29) is 25.7 Å². The van der Waals surface area contributed by atoms with Crippen LogP contribution in [0, 0.1) is 11.8 Å². The molecule has 0 saturated carbocycles. The van der Waals surface area contributed by atoms with Gasteiger partial charge < -0.3 is 33.8 Å². The number of rotatable bonds is 77. The smallest absolute Gasteiger partial charge is 0.462 e. The summed E-state index contributed by atoms with van der Waals surface area (Å²) in [6, 6.07) is 0. The van der Waals surface area contributed by atoms with Crippen LogP contribution in [0.1, 0.15) is 408 Å². The van der Waals surface area contributed by atoms with Crippen LogP contribution in [0.3, 0.4) is 0 Å². The van der Waals surface area contributed by atoms with E-state index < -0.39 is 97.5 Å². The SMILES string of the molecule is CCCCCCCCCCCCCCCCC(=O)OC[C@H](COP(=O)(O)OC[C@@H](O)COP(=O)(O)OC[C@@H](COC(=O)CCCCCCCCCCC(C)C)OC(=O)CCCCCCCCCCCCCCC)OC(=O)CCCCCCCCCCCCCCCCCCC(C)C. The molecule has 0 aromatic carbocycles. The topological polar surface area (TPSA) is 237 Å². The van der Waals surface area contributed by atoms with Crippen molar-refractivity contribution in [3.63, 3.8) is 0 Å². The van der Waals surface area contributed by atoms with Gasteiger partial charge >= 0.3 is 39.5 Å². The molecule has 0 fully saturated rings. The molecule has 0 aliphatic heterocycles. The number of aliphatic hydroxyl groups is 1. The van der Waals surface area contributed by atoms with Gasteiger partial charge in [-0.25, -0.2) is 9.13 Å². The quantitative estimate of drug-likeness (QED) is 0.0222. The van der Waals surface area contributed by atoms with E-state index in [1.807, 2.05) is 0 Å². The number of hydrogen-bond donors (Lipinski definition) is 3. The van der Waals surface area contributed by atoms with Crippen LogP contribution in [0.25, 0.3) is 0 Å². The standard InChI is InChI=1S/C78H152O17P2/c1-7-9-11-13-15-17-19-21-28-31-35-42-48-54-60-75(80)88-66-73(94-78(83)63-57-51-45-37-33-29-25-23-22-24-27-30-34-40-46-52-58-70(3)4)68-92-96(84,85)90-64-72(79)65-91-97(86,87)93-69-74(67-89-76(81)61-55-49-43-39-38-41-47-53-59-71(5)6)95-77(82)62-56-50-44-36-32-26-20-18-16-14-12-10-8-2/h70-74,79H,7-69H2,1-6H3,(H,84,85)(H,86,87)/t72-,73-,74-/m1/s1. The molecule has 576 valence electrons. The van der Waals surface area contributed by atoms with Gasteiger partial charge in [0.1, 0.15) is 19.3 Å². The first-order chi connectivity index (χ1) is 46.9. The zero-order valence-electron chi connectivity index (χ0n) is 63.4. The molecule has 0 amide bonds. The van der Waals surface area contributed by atoms with Gasteiger partial charge in [0.25, 0.3) is 0 Å². The largest absolute Gasteiger partial charge is 0.472 e. The molecule has 2 unspecified atom stereocenters. The first kappa shape index (κ1) is 95.1. The lowest BCUT2D eigenvalue weighted by molar-refractivity contribution is -0.161. The van der Waals surface area contributed by atoms with E-state index in [4.69, 9.17) is 37.0 Å². The number of phosphoric ester groups is 2. The maximum absolute atomic E-state index is 13.1. The molecule has 97 heavy (non-hydrogen) atoms. The van der Waals surface area contributed by atoms with Gasteiger partial charge in [-0.1, -0.05) is 356 Å². The summed E-state index contributed by atoms with van der Waals surface area (Å²) in [5.74, 6) is -0.575. The fraction of sp³-hybridized carbons (Fsp3) is 0.949. The van der Waals surface area contributed by atoms with E-state index in [1.54, 1.807) is 0 Å². The number of carbonyl (C=O) groups is 4. The van der Waals surface area contributed by atoms with E-state index in [1.165, 1.54) is 225 Å². The molecular weight excluding hydrogens is 1270 g/mol. The van der Waals surface area contributed by atoms with Crippen LogP contribution in [0.2, 0.25) is 0 Å². The highest BCUT2D eigenvalue weighted by molar-refractivity contribution is 7.47. The molecular formula is C78H152O17P2. The Kier molecular flexibility index (Phi) is 68.4. The highest BCUT2D eigenvalue weighted by Crippen LogP contribution is 2.45. The minimum absolute atomic E-state index is 0.107. The van der Waals surface area contributed by atoms with Crippen molar-refractivity contribution < 1.29 is 80.2 Å². The third kappa shape index (κ3) is 72.2. The fourth-order valence-electron chi connectivity index (χ4n) is 12.0. The van der Waals surface area contributed by atoms with Crippen LogP contribution in [0.5, 0.6) is 0 Å². The predicted molar refractivity (Wildman–Crippen MR) is 395 cm³/mol. The summed E-state index contributed by atoms with van der Waals surface area (Å²) in [6.45, 7) is 9.61. The second kappa shape index (κ2) is 69.8. The Balaban J connectivity index is 5.24. The number of esters is 4. The molecule has 0 radical (unpaired) electrons. The molecule has 17 nitrogen and oxygen atoms in total. The van der Waals surface area contributed by atoms with E-state index in [0.29, 0.717) is 25.7 Å². The maximum atomic E-state index is 13.1. The molecule has 0 saturated heterocycles. The third-order valence-corrected chi connectivity index (χ3v) is 20.1. The van der Waals surface area contributed by atoms with Crippen molar-refractivity contribution in [1.29, 1.82) is 0 Å². The summed E-state index contributed by atoms with van der Waals surface area (Å²) in [6.07, 6.45) is 58.2. The summed E-state index contributed by atoms with van der Waals surface area (Å²) in [5, 5.41) is 10.6. The Morgan fingerprint density at radius 1 is 0.278 bits per heavy atom. The van der Waals surface area contributed by atoms with Gasteiger partial charge in [0.2, 0.25) is 0 Å². The monoisotopic (exact) mass is 1420 g/mol. The van der Waals surface area contributed by atoms with Crippen LogP contribution >= 0.6 is 15.6 Å². The van der Waals surface area contributed by atoms with Crippen molar-refractivity contribution in [3.8, 4) is 0 Å². The highest BCUT2D eigenvalue weighted by Gasteiger charge is 2.30. The van der Waals surface area contributed by atoms with Crippen LogP contribution in [0.15, 0.2) is 0 Å². The Bertz CT molecular complexity index is 1870. The molecule has 0 aliphatic carbocycles. The molecule has 0 bridgehead atoms. The van der Waals surface area contributed by atoms with E-state index in [0.717, 1.165) is 102 Å². The van der Waals surface area contributed by atoms with Crippen molar-refractivity contribution >= 4 is 39.5 Å².